The number of fused-ring (bicyclic) bond motifs is 1. The number of hydrogen-bond donors (Lipinski definition) is 3. The third-order valence-electron chi connectivity index (χ3n) is 4.00. The number of nitrogens with zero attached hydrogens (tertiary/aromatic N) is 2. The van der Waals surface area contributed by atoms with E-state index in [1.54, 1.807) is 32.0 Å². The molecule has 10 heteroatoms. The number of benzene rings is 2. The third-order valence-corrected chi connectivity index (χ3v) is 5.64. The van der Waals surface area contributed by atoms with Gasteiger partial charge in [0.25, 0.3) is 0 Å². The highest BCUT2D eigenvalue weighted by atomic mass is 32.2. The van der Waals surface area contributed by atoms with Crippen molar-refractivity contribution in [2.24, 2.45) is 0 Å². The summed E-state index contributed by atoms with van der Waals surface area (Å²) in [6.45, 7) is 3.35. The van der Waals surface area contributed by atoms with E-state index in [9.17, 15) is 18.3 Å². The van der Waals surface area contributed by atoms with Gasteiger partial charge in [0.1, 0.15) is 5.75 Å². The van der Waals surface area contributed by atoms with Crippen LogP contribution in [0.15, 0.2) is 41.3 Å². The van der Waals surface area contributed by atoms with E-state index in [0.29, 0.717) is 16.7 Å². The monoisotopic (exact) mass is 404 g/mol. The minimum Gasteiger partial charge on any atom is -0.497 e. The fraction of sp³-hybridized carbons (Fsp3) is 0.222. The molecule has 2 aromatic carbocycles. The van der Waals surface area contributed by atoms with Crippen molar-refractivity contribution >= 4 is 32.7 Å². The predicted molar refractivity (Wildman–Crippen MR) is 104 cm³/mol. The summed E-state index contributed by atoms with van der Waals surface area (Å²) < 4.78 is 34.3. The Balaban J connectivity index is 2.28. The number of nitrogen functional groups attached to an aromatic ring is 1. The zero-order valence-electron chi connectivity index (χ0n) is 15.5. The van der Waals surface area contributed by atoms with Crippen LogP contribution in [-0.2, 0) is 10.0 Å². The fourth-order valence-corrected chi connectivity index (χ4v) is 4.12. The van der Waals surface area contributed by atoms with Gasteiger partial charge in [0.05, 0.1) is 28.8 Å². The maximum atomic E-state index is 12.6. The molecule has 0 aliphatic carbocycles. The van der Waals surface area contributed by atoms with E-state index in [4.69, 9.17) is 10.5 Å². The lowest BCUT2D eigenvalue weighted by atomic mass is 10.2. The van der Waals surface area contributed by atoms with Crippen LogP contribution in [0.5, 0.6) is 5.75 Å². The largest absolute Gasteiger partial charge is 0.497 e. The lowest BCUT2D eigenvalue weighted by Crippen LogP contribution is -2.30. The van der Waals surface area contributed by atoms with Crippen LogP contribution in [0.25, 0.3) is 16.6 Å². The number of methoxy groups -OCH3 is 1. The number of carboxylic acids is 1. The van der Waals surface area contributed by atoms with E-state index >= 15 is 0 Å². The summed E-state index contributed by atoms with van der Waals surface area (Å²) in [6, 6.07) is 8.57. The summed E-state index contributed by atoms with van der Waals surface area (Å²) in [5, 5.41) is 14.3. The van der Waals surface area contributed by atoms with Crippen LogP contribution in [0.2, 0.25) is 0 Å². The SMILES string of the molecule is COc1ccc2c(N)nn(-c3cc(C(=O)O)cc(S(=O)(=O)NC(C)C)c3)c2c1. The van der Waals surface area contributed by atoms with E-state index in [-0.39, 0.29) is 28.0 Å². The number of hydrogen-bond acceptors (Lipinski definition) is 6. The van der Waals surface area contributed by atoms with Gasteiger partial charge >= 0.3 is 5.97 Å². The average Bonchev–Trinajstić information content (AvgIpc) is 2.96. The second kappa shape index (κ2) is 7.13. The van der Waals surface area contributed by atoms with Crippen LogP contribution < -0.4 is 15.2 Å². The number of carbonyl (C=O) groups is 1. The van der Waals surface area contributed by atoms with Gasteiger partial charge in [-0.15, -0.1) is 5.10 Å². The van der Waals surface area contributed by atoms with Gasteiger partial charge < -0.3 is 15.6 Å². The maximum Gasteiger partial charge on any atom is 0.335 e. The highest BCUT2D eigenvalue weighted by molar-refractivity contribution is 7.89. The number of anilines is 1. The number of ether oxygens (including phenoxy) is 1. The molecule has 1 aromatic heterocycles. The van der Waals surface area contributed by atoms with Gasteiger partial charge in [-0.25, -0.2) is 22.6 Å². The van der Waals surface area contributed by atoms with Crippen molar-refractivity contribution in [2.75, 3.05) is 12.8 Å². The first-order valence-electron chi connectivity index (χ1n) is 8.35. The maximum absolute atomic E-state index is 12.6. The summed E-state index contributed by atoms with van der Waals surface area (Å²) in [5.41, 5.74) is 6.59. The Morgan fingerprint density at radius 1 is 1.25 bits per heavy atom. The number of nitrogens with two attached hydrogens (primary N) is 1. The summed E-state index contributed by atoms with van der Waals surface area (Å²) in [5.74, 6) is -0.481. The number of nitrogens with one attached hydrogen (secondary N) is 1. The molecule has 28 heavy (non-hydrogen) atoms. The van der Waals surface area contributed by atoms with E-state index < -0.39 is 16.0 Å². The molecule has 0 bridgehead atoms. The molecule has 0 unspecified atom stereocenters. The molecular weight excluding hydrogens is 384 g/mol. The van der Waals surface area contributed by atoms with Crippen LogP contribution in [0.4, 0.5) is 5.82 Å². The van der Waals surface area contributed by atoms with E-state index in [2.05, 4.69) is 9.82 Å². The standard InChI is InChI=1S/C18H20N4O5S/c1-10(2)21-28(25,26)14-7-11(18(23)24)6-12(8-14)22-16-9-13(27-3)4-5-15(16)17(19)20-22/h4-10,21H,1-3H3,(H2,19,20)(H,23,24). The molecule has 3 rings (SSSR count). The second-order valence-electron chi connectivity index (χ2n) is 6.48. The smallest absolute Gasteiger partial charge is 0.335 e. The topological polar surface area (TPSA) is 137 Å². The van der Waals surface area contributed by atoms with Crippen molar-refractivity contribution in [3.05, 3.63) is 42.0 Å². The Kier molecular flexibility index (Phi) is 5.01. The Hall–Kier alpha value is -3.11. The van der Waals surface area contributed by atoms with Gasteiger partial charge in [-0.2, -0.15) is 0 Å². The van der Waals surface area contributed by atoms with Crippen molar-refractivity contribution in [1.29, 1.82) is 0 Å². The van der Waals surface area contributed by atoms with Crippen LogP contribution in [-0.4, -0.2) is 42.4 Å². The zero-order valence-corrected chi connectivity index (χ0v) is 16.3. The van der Waals surface area contributed by atoms with Gasteiger partial charge in [-0.05, 0) is 44.2 Å². The molecule has 1 heterocycles. The number of aromatic carboxylic acids is 1. The molecule has 3 aromatic rings. The van der Waals surface area contributed by atoms with Gasteiger partial charge in [0.15, 0.2) is 5.82 Å². The van der Waals surface area contributed by atoms with Crippen LogP contribution >= 0.6 is 0 Å². The molecule has 9 nitrogen and oxygen atoms in total. The molecule has 0 spiro atoms. The van der Waals surface area contributed by atoms with E-state index in [1.807, 2.05) is 0 Å². The third kappa shape index (κ3) is 3.64. The molecule has 0 atom stereocenters. The zero-order chi connectivity index (χ0) is 20.6. The first-order valence-corrected chi connectivity index (χ1v) is 9.84. The molecule has 148 valence electrons. The summed E-state index contributed by atoms with van der Waals surface area (Å²) in [6.07, 6.45) is 0. The van der Waals surface area contributed by atoms with Gasteiger partial charge in [0, 0.05) is 17.5 Å². The molecule has 0 fully saturated rings. The lowest BCUT2D eigenvalue weighted by Gasteiger charge is -2.12. The molecule has 0 amide bonds. The predicted octanol–water partition coefficient (Wildman–Crippen LogP) is 2.00. The normalized spacial score (nSPS) is 11.9. The quantitative estimate of drug-likeness (QED) is 0.571. The first-order chi connectivity index (χ1) is 13.1. The summed E-state index contributed by atoms with van der Waals surface area (Å²) in [7, 11) is -2.40. The van der Waals surface area contributed by atoms with Crippen LogP contribution in [0, 0.1) is 0 Å². The van der Waals surface area contributed by atoms with Gasteiger partial charge in [-0.3, -0.25) is 0 Å². The second-order valence-corrected chi connectivity index (χ2v) is 8.19. The number of carboxylic acid groups (broad SMARTS) is 1. The number of rotatable bonds is 6. The Labute approximate surface area is 161 Å². The average molecular weight is 404 g/mol. The minimum absolute atomic E-state index is 0.179. The molecule has 0 aliphatic heterocycles. The lowest BCUT2D eigenvalue weighted by molar-refractivity contribution is 0.0696. The first kappa shape index (κ1) is 19.6. The highest BCUT2D eigenvalue weighted by Gasteiger charge is 2.21. The Morgan fingerprint density at radius 2 is 1.96 bits per heavy atom. The highest BCUT2D eigenvalue weighted by Crippen LogP contribution is 2.29. The van der Waals surface area contributed by atoms with Crippen molar-refractivity contribution in [2.45, 2.75) is 24.8 Å². The molecule has 0 saturated carbocycles. The Morgan fingerprint density at radius 3 is 2.57 bits per heavy atom. The number of aromatic nitrogens is 2. The molecular formula is C18H20N4O5S. The van der Waals surface area contributed by atoms with Crippen molar-refractivity contribution in [3.8, 4) is 11.4 Å². The summed E-state index contributed by atoms with van der Waals surface area (Å²) in [4.78, 5) is 11.4. The molecule has 4 N–H and O–H groups in total. The molecule has 0 saturated heterocycles. The van der Waals surface area contributed by atoms with E-state index in [0.717, 1.165) is 6.07 Å². The Bertz CT molecular complexity index is 1170. The van der Waals surface area contributed by atoms with Crippen molar-refractivity contribution in [1.82, 2.24) is 14.5 Å². The van der Waals surface area contributed by atoms with Crippen molar-refractivity contribution < 1.29 is 23.1 Å². The molecule has 0 aliphatic rings. The van der Waals surface area contributed by atoms with E-state index in [1.165, 1.54) is 23.9 Å². The fourth-order valence-electron chi connectivity index (χ4n) is 2.81. The van der Waals surface area contributed by atoms with Crippen molar-refractivity contribution in [3.63, 3.8) is 0 Å². The van der Waals surface area contributed by atoms with Crippen LogP contribution in [0.1, 0.15) is 24.2 Å². The number of sulfonamides is 1. The van der Waals surface area contributed by atoms with Gasteiger partial charge in [0.2, 0.25) is 10.0 Å². The summed E-state index contributed by atoms with van der Waals surface area (Å²) >= 11 is 0. The van der Waals surface area contributed by atoms with Gasteiger partial charge in [-0.1, -0.05) is 0 Å². The van der Waals surface area contributed by atoms with Crippen LogP contribution in [0.3, 0.4) is 0 Å². The molecule has 0 radical (unpaired) electrons. The minimum atomic E-state index is -3.92.